The van der Waals surface area contributed by atoms with E-state index in [4.69, 9.17) is 10.5 Å². The van der Waals surface area contributed by atoms with Crippen molar-refractivity contribution in [1.82, 2.24) is 4.90 Å². The monoisotopic (exact) mass is 220 g/mol. The van der Waals surface area contributed by atoms with Crippen molar-refractivity contribution in [2.24, 2.45) is 5.73 Å². The Kier molecular flexibility index (Phi) is 4.26. The second-order valence-electron chi connectivity index (χ2n) is 3.71. The van der Waals surface area contributed by atoms with Crippen LogP contribution in [-0.4, -0.2) is 49.3 Å². The largest absolute Gasteiger partial charge is 0.450 e. The van der Waals surface area contributed by atoms with Crippen molar-refractivity contribution in [2.45, 2.75) is 12.5 Å². The molecular formula is C8H17N2O3P. The van der Waals surface area contributed by atoms with Gasteiger partial charge in [-0.3, -0.25) is 4.90 Å². The normalized spacial score (nSPS) is 22.8. The fraction of sp³-hybridized carbons (Fsp3) is 0.875. The second kappa shape index (κ2) is 5.03. The average molecular weight is 220 g/mol. The minimum atomic E-state index is -0.945. The molecule has 0 spiro atoms. The topological polar surface area (TPSA) is 64.8 Å². The summed E-state index contributed by atoms with van der Waals surface area (Å²) in [6.07, 6.45) is 0. The standard InChI is InChI=1S/C8H17N2O3P/c1-8(9,7(11)13-14)6-10-2-4-12-5-3-10/h2-6,9,14H2,1H3/t8-/m1/s1. The third-order valence-electron chi connectivity index (χ3n) is 2.23. The molecule has 0 aromatic carbocycles. The van der Waals surface area contributed by atoms with Crippen LogP contribution in [0.15, 0.2) is 0 Å². The van der Waals surface area contributed by atoms with E-state index in [-0.39, 0.29) is 0 Å². The summed E-state index contributed by atoms with van der Waals surface area (Å²) in [6.45, 7) is 5.21. The van der Waals surface area contributed by atoms with Gasteiger partial charge in [0.05, 0.1) is 22.7 Å². The zero-order valence-electron chi connectivity index (χ0n) is 8.36. The van der Waals surface area contributed by atoms with E-state index in [1.807, 2.05) is 9.47 Å². The maximum absolute atomic E-state index is 11.3. The highest BCUT2D eigenvalue weighted by Crippen LogP contribution is 2.09. The molecule has 1 fully saturated rings. The van der Waals surface area contributed by atoms with Gasteiger partial charge in [0.1, 0.15) is 5.54 Å². The number of hydrogen-bond acceptors (Lipinski definition) is 5. The summed E-state index contributed by atoms with van der Waals surface area (Å²) in [5, 5.41) is 0. The number of nitrogens with two attached hydrogens (primary N) is 1. The Bertz CT molecular complexity index is 205. The summed E-state index contributed by atoms with van der Waals surface area (Å²) in [7, 11) is 1.93. The first-order chi connectivity index (χ1) is 6.56. The first-order valence-corrected chi connectivity index (χ1v) is 5.03. The summed E-state index contributed by atoms with van der Waals surface area (Å²) >= 11 is 0. The maximum Gasteiger partial charge on any atom is 0.329 e. The highest BCUT2D eigenvalue weighted by molar-refractivity contribution is 7.10. The maximum atomic E-state index is 11.3. The van der Waals surface area contributed by atoms with Crippen molar-refractivity contribution in [2.75, 3.05) is 32.8 Å². The molecule has 1 rings (SSSR count). The van der Waals surface area contributed by atoms with Crippen LogP contribution in [0.2, 0.25) is 0 Å². The molecule has 1 aliphatic rings. The Morgan fingerprint density at radius 2 is 2.21 bits per heavy atom. The molecule has 14 heavy (non-hydrogen) atoms. The first-order valence-electron chi connectivity index (χ1n) is 4.56. The molecule has 6 heteroatoms. The van der Waals surface area contributed by atoms with Gasteiger partial charge in [0.25, 0.3) is 0 Å². The van der Waals surface area contributed by atoms with Gasteiger partial charge in [0.15, 0.2) is 0 Å². The molecule has 2 atom stereocenters. The van der Waals surface area contributed by atoms with Gasteiger partial charge in [0.2, 0.25) is 0 Å². The average Bonchev–Trinajstić information content (AvgIpc) is 2.17. The molecule has 0 aliphatic carbocycles. The predicted molar refractivity (Wildman–Crippen MR) is 55.7 cm³/mol. The van der Waals surface area contributed by atoms with Gasteiger partial charge >= 0.3 is 5.97 Å². The molecule has 0 aromatic rings. The van der Waals surface area contributed by atoms with Crippen molar-refractivity contribution < 1.29 is 14.1 Å². The van der Waals surface area contributed by atoms with Gasteiger partial charge in [-0.05, 0) is 6.92 Å². The quantitative estimate of drug-likeness (QED) is 0.641. The minimum absolute atomic E-state index is 0.408. The molecule has 2 N–H and O–H groups in total. The Morgan fingerprint density at radius 3 is 2.71 bits per heavy atom. The second-order valence-corrected chi connectivity index (χ2v) is 3.95. The highest BCUT2D eigenvalue weighted by atomic mass is 31.0. The molecular weight excluding hydrogens is 203 g/mol. The van der Waals surface area contributed by atoms with Crippen molar-refractivity contribution >= 4 is 15.4 Å². The SMILES string of the molecule is C[C@@](N)(CN1CCOCC1)C(=O)OP. The van der Waals surface area contributed by atoms with Crippen molar-refractivity contribution in [1.29, 1.82) is 0 Å². The number of morpholine rings is 1. The van der Waals surface area contributed by atoms with Gasteiger partial charge in [0, 0.05) is 19.6 Å². The fourth-order valence-corrected chi connectivity index (χ4v) is 1.69. The van der Waals surface area contributed by atoms with E-state index in [1.54, 1.807) is 6.92 Å². The molecule has 1 unspecified atom stereocenters. The Labute approximate surface area is 86.2 Å². The van der Waals surface area contributed by atoms with Crippen molar-refractivity contribution in [3.05, 3.63) is 0 Å². The third-order valence-corrected chi connectivity index (χ3v) is 2.44. The van der Waals surface area contributed by atoms with Gasteiger partial charge in [-0.25, -0.2) is 4.79 Å². The lowest BCUT2D eigenvalue weighted by atomic mass is 10.0. The molecule has 0 bridgehead atoms. The van der Waals surface area contributed by atoms with Gasteiger partial charge < -0.3 is 15.0 Å². The van der Waals surface area contributed by atoms with Crippen LogP contribution in [0.4, 0.5) is 0 Å². The van der Waals surface area contributed by atoms with Gasteiger partial charge in [-0.1, -0.05) is 0 Å². The summed E-state index contributed by atoms with van der Waals surface area (Å²) in [5.74, 6) is -0.408. The van der Waals surface area contributed by atoms with Gasteiger partial charge in [-0.15, -0.1) is 0 Å². The van der Waals surface area contributed by atoms with Gasteiger partial charge in [-0.2, -0.15) is 0 Å². The molecule has 82 valence electrons. The van der Waals surface area contributed by atoms with Crippen LogP contribution in [0.25, 0.3) is 0 Å². The van der Waals surface area contributed by atoms with E-state index >= 15 is 0 Å². The first kappa shape index (κ1) is 11.9. The van der Waals surface area contributed by atoms with E-state index in [0.717, 1.165) is 13.1 Å². The van der Waals surface area contributed by atoms with E-state index in [9.17, 15) is 4.79 Å². The van der Waals surface area contributed by atoms with E-state index < -0.39 is 11.5 Å². The Balaban J connectivity index is 2.44. The lowest BCUT2D eigenvalue weighted by Crippen LogP contribution is -2.55. The summed E-state index contributed by atoms with van der Waals surface area (Å²) < 4.78 is 9.75. The third kappa shape index (κ3) is 3.17. The van der Waals surface area contributed by atoms with Crippen LogP contribution in [-0.2, 0) is 14.1 Å². The number of hydrogen-bond donors (Lipinski definition) is 1. The molecule has 1 heterocycles. The lowest BCUT2D eigenvalue weighted by Gasteiger charge is -2.32. The molecule has 5 nitrogen and oxygen atoms in total. The van der Waals surface area contributed by atoms with Crippen molar-refractivity contribution in [3.63, 3.8) is 0 Å². The number of carbonyl (C=O) groups is 1. The predicted octanol–water partition coefficient (Wildman–Crippen LogP) is -0.631. The zero-order valence-corrected chi connectivity index (χ0v) is 9.52. The minimum Gasteiger partial charge on any atom is -0.450 e. The Hall–Kier alpha value is -0.220. The molecule has 0 amide bonds. The zero-order chi connectivity index (χ0) is 10.6. The van der Waals surface area contributed by atoms with E-state index in [2.05, 4.69) is 9.42 Å². The lowest BCUT2D eigenvalue weighted by molar-refractivity contribution is -0.139. The van der Waals surface area contributed by atoms with E-state index in [0.29, 0.717) is 19.8 Å². The fourth-order valence-electron chi connectivity index (χ4n) is 1.42. The van der Waals surface area contributed by atoms with Crippen LogP contribution in [0, 0.1) is 0 Å². The number of ether oxygens (including phenoxy) is 1. The van der Waals surface area contributed by atoms with Crippen LogP contribution in [0.3, 0.4) is 0 Å². The summed E-state index contributed by atoms with van der Waals surface area (Å²) in [6, 6.07) is 0. The summed E-state index contributed by atoms with van der Waals surface area (Å²) in [4.78, 5) is 13.4. The van der Waals surface area contributed by atoms with Crippen LogP contribution >= 0.6 is 9.47 Å². The van der Waals surface area contributed by atoms with Crippen LogP contribution in [0.1, 0.15) is 6.92 Å². The smallest absolute Gasteiger partial charge is 0.329 e. The molecule has 1 aliphatic heterocycles. The molecule has 0 saturated carbocycles. The van der Waals surface area contributed by atoms with Crippen molar-refractivity contribution in [3.8, 4) is 0 Å². The molecule has 1 saturated heterocycles. The Morgan fingerprint density at radius 1 is 1.64 bits per heavy atom. The summed E-state index contributed by atoms with van der Waals surface area (Å²) in [5.41, 5.74) is 4.89. The van der Waals surface area contributed by atoms with Crippen LogP contribution < -0.4 is 5.73 Å². The van der Waals surface area contributed by atoms with E-state index in [1.165, 1.54) is 0 Å². The number of carbonyl (C=O) groups excluding carboxylic acids is 1. The number of nitrogens with zero attached hydrogens (tertiary/aromatic N) is 1. The molecule has 0 aromatic heterocycles. The highest BCUT2D eigenvalue weighted by Gasteiger charge is 2.32. The van der Waals surface area contributed by atoms with Crippen LogP contribution in [0.5, 0.6) is 0 Å². The number of rotatable bonds is 3. The molecule has 0 radical (unpaired) electrons.